The maximum Gasteiger partial charge on any atom is 0.312 e. The molecule has 0 aliphatic rings. The number of carbonyl (C=O) groups excluding carboxylic acids is 1. The number of hydrogen-bond donors (Lipinski definition) is 2. The highest BCUT2D eigenvalue weighted by molar-refractivity contribution is 5.81. The van der Waals surface area contributed by atoms with Gasteiger partial charge < -0.3 is 4.74 Å². The molecule has 1 amide bonds. The molecule has 20 heavy (non-hydrogen) atoms. The van der Waals surface area contributed by atoms with Crippen LogP contribution in [0.5, 0.6) is 5.75 Å². The molecule has 8 nitrogen and oxygen atoms in total. The predicted molar refractivity (Wildman–Crippen MR) is 69.4 cm³/mol. The van der Waals surface area contributed by atoms with E-state index >= 15 is 0 Å². The van der Waals surface area contributed by atoms with Gasteiger partial charge in [-0.05, 0) is 18.1 Å². The van der Waals surface area contributed by atoms with Gasteiger partial charge in [0.25, 0.3) is 5.91 Å². The van der Waals surface area contributed by atoms with Crippen LogP contribution in [-0.2, 0) is 4.79 Å². The molecule has 1 atom stereocenters. The van der Waals surface area contributed by atoms with Gasteiger partial charge in [-0.15, -0.1) is 0 Å². The van der Waals surface area contributed by atoms with Gasteiger partial charge in [0, 0.05) is 6.07 Å². The molecule has 0 aromatic heterocycles. The first-order chi connectivity index (χ1) is 9.40. The van der Waals surface area contributed by atoms with Gasteiger partial charge in [0.15, 0.2) is 11.9 Å². The molecule has 0 saturated carbocycles. The number of nitro benzene ring substituents is 1. The second-order valence-electron chi connectivity index (χ2n) is 4.34. The number of nitriles is 1. The van der Waals surface area contributed by atoms with Gasteiger partial charge in [-0.3, -0.25) is 20.3 Å². The minimum absolute atomic E-state index is 0.0868. The first-order valence-corrected chi connectivity index (χ1v) is 5.76. The van der Waals surface area contributed by atoms with Crippen molar-refractivity contribution >= 4 is 11.6 Å². The summed E-state index contributed by atoms with van der Waals surface area (Å²) in [5.74, 6) is 4.14. The van der Waals surface area contributed by atoms with Crippen molar-refractivity contribution in [3.8, 4) is 11.8 Å². The van der Waals surface area contributed by atoms with Crippen LogP contribution < -0.4 is 16.0 Å². The van der Waals surface area contributed by atoms with Crippen LogP contribution in [0.4, 0.5) is 5.69 Å². The van der Waals surface area contributed by atoms with Gasteiger partial charge in [0.1, 0.15) is 0 Å². The van der Waals surface area contributed by atoms with E-state index in [9.17, 15) is 14.9 Å². The molecule has 1 aromatic rings. The van der Waals surface area contributed by atoms with Crippen LogP contribution in [0.25, 0.3) is 0 Å². The second-order valence-corrected chi connectivity index (χ2v) is 4.34. The zero-order valence-electron chi connectivity index (χ0n) is 11.0. The lowest BCUT2D eigenvalue weighted by molar-refractivity contribution is -0.386. The smallest absolute Gasteiger partial charge is 0.312 e. The van der Waals surface area contributed by atoms with Crippen LogP contribution in [0.1, 0.15) is 19.4 Å². The minimum Gasteiger partial charge on any atom is -0.473 e. The lowest BCUT2D eigenvalue weighted by Crippen LogP contribution is -2.44. The van der Waals surface area contributed by atoms with Crippen LogP contribution in [0.2, 0.25) is 0 Å². The summed E-state index contributed by atoms with van der Waals surface area (Å²) >= 11 is 0. The Hall–Kier alpha value is -2.66. The van der Waals surface area contributed by atoms with Crippen molar-refractivity contribution in [2.24, 2.45) is 11.8 Å². The lowest BCUT2D eigenvalue weighted by atomic mass is 10.1. The third kappa shape index (κ3) is 3.43. The van der Waals surface area contributed by atoms with E-state index in [1.807, 2.05) is 5.43 Å². The Morgan fingerprint density at radius 2 is 2.20 bits per heavy atom. The molecule has 0 heterocycles. The van der Waals surface area contributed by atoms with E-state index in [2.05, 4.69) is 0 Å². The van der Waals surface area contributed by atoms with Crippen LogP contribution in [0, 0.1) is 27.4 Å². The zero-order valence-corrected chi connectivity index (χ0v) is 11.0. The number of nitro groups is 1. The highest BCUT2D eigenvalue weighted by Gasteiger charge is 2.27. The number of nitrogens with zero attached hydrogens (tertiary/aromatic N) is 2. The fourth-order valence-electron chi connectivity index (χ4n) is 1.54. The number of nitrogens with one attached hydrogen (secondary N) is 1. The summed E-state index contributed by atoms with van der Waals surface area (Å²) in [5.41, 5.74) is 1.71. The number of nitrogens with two attached hydrogens (primary N) is 1. The maximum atomic E-state index is 11.6. The molecule has 8 heteroatoms. The van der Waals surface area contributed by atoms with E-state index in [0.29, 0.717) is 0 Å². The highest BCUT2D eigenvalue weighted by atomic mass is 16.6. The van der Waals surface area contributed by atoms with Gasteiger partial charge in [-0.25, -0.2) is 5.84 Å². The topological polar surface area (TPSA) is 131 Å². The Morgan fingerprint density at radius 3 is 2.65 bits per heavy atom. The second kappa shape index (κ2) is 6.49. The average molecular weight is 278 g/mol. The van der Waals surface area contributed by atoms with Crippen LogP contribution in [0.15, 0.2) is 18.2 Å². The van der Waals surface area contributed by atoms with Crippen molar-refractivity contribution in [1.29, 1.82) is 5.26 Å². The average Bonchev–Trinajstić information content (AvgIpc) is 2.43. The summed E-state index contributed by atoms with van der Waals surface area (Å²) in [6.07, 6.45) is -0.966. The number of hydrogen-bond acceptors (Lipinski definition) is 6. The van der Waals surface area contributed by atoms with Gasteiger partial charge >= 0.3 is 5.69 Å². The van der Waals surface area contributed by atoms with E-state index in [4.69, 9.17) is 15.8 Å². The molecule has 0 aliphatic heterocycles. The summed E-state index contributed by atoms with van der Waals surface area (Å²) in [4.78, 5) is 21.9. The Bertz CT molecular complexity index is 565. The Balaban J connectivity index is 3.16. The third-order valence-corrected chi connectivity index (χ3v) is 2.54. The summed E-state index contributed by atoms with van der Waals surface area (Å²) in [5, 5.41) is 19.7. The van der Waals surface area contributed by atoms with E-state index in [1.54, 1.807) is 19.9 Å². The number of carbonyl (C=O) groups is 1. The van der Waals surface area contributed by atoms with Gasteiger partial charge in [-0.1, -0.05) is 13.8 Å². The van der Waals surface area contributed by atoms with Crippen LogP contribution in [0.3, 0.4) is 0 Å². The number of amides is 1. The summed E-state index contributed by atoms with van der Waals surface area (Å²) < 4.78 is 5.38. The van der Waals surface area contributed by atoms with Gasteiger partial charge in [0.2, 0.25) is 0 Å². The highest BCUT2D eigenvalue weighted by Crippen LogP contribution is 2.29. The Kier molecular flexibility index (Phi) is 5.00. The number of benzene rings is 1. The quantitative estimate of drug-likeness (QED) is 0.355. The molecular formula is C12H14N4O4. The Morgan fingerprint density at radius 1 is 1.55 bits per heavy atom. The van der Waals surface area contributed by atoms with Crippen molar-refractivity contribution < 1.29 is 14.5 Å². The molecule has 1 aromatic carbocycles. The third-order valence-electron chi connectivity index (χ3n) is 2.54. The van der Waals surface area contributed by atoms with Crippen molar-refractivity contribution in [2.45, 2.75) is 20.0 Å². The first-order valence-electron chi connectivity index (χ1n) is 5.76. The summed E-state index contributed by atoms with van der Waals surface area (Å²) in [6.45, 7) is 3.44. The number of ether oxygens (including phenoxy) is 1. The fourth-order valence-corrected chi connectivity index (χ4v) is 1.54. The van der Waals surface area contributed by atoms with Crippen LogP contribution in [-0.4, -0.2) is 16.9 Å². The predicted octanol–water partition coefficient (Wildman–Crippen LogP) is 0.860. The Labute approximate surface area is 115 Å². The molecule has 0 spiro atoms. The summed E-state index contributed by atoms with van der Waals surface area (Å²) in [6, 6.07) is 5.55. The zero-order chi connectivity index (χ0) is 15.3. The lowest BCUT2D eigenvalue weighted by Gasteiger charge is -2.20. The van der Waals surface area contributed by atoms with E-state index in [-0.39, 0.29) is 22.9 Å². The first kappa shape index (κ1) is 15.4. The van der Waals surface area contributed by atoms with Crippen molar-refractivity contribution in [2.75, 3.05) is 0 Å². The molecule has 0 fully saturated rings. The standard InChI is InChI=1S/C12H14N4O4/c1-7(2)11(12(17)15-14)20-10-4-3-8(6-13)5-9(10)16(18)19/h3-5,7,11H,14H2,1-2H3,(H,15,17). The summed E-state index contributed by atoms with van der Waals surface area (Å²) in [7, 11) is 0. The molecular weight excluding hydrogens is 264 g/mol. The van der Waals surface area contributed by atoms with Crippen LogP contribution >= 0.6 is 0 Å². The SMILES string of the molecule is CC(C)C(Oc1ccc(C#N)cc1[N+](=O)[O-])C(=O)NN. The number of rotatable bonds is 5. The van der Waals surface area contributed by atoms with E-state index in [0.717, 1.165) is 6.07 Å². The van der Waals surface area contributed by atoms with Gasteiger partial charge in [-0.2, -0.15) is 5.26 Å². The molecule has 0 aliphatic carbocycles. The largest absolute Gasteiger partial charge is 0.473 e. The van der Waals surface area contributed by atoms with E-state index in [1.165, 1.54) is 12.1 Å². The number of hydrazine groups is 1. The van der Waals surface area contributed by atoms with Crippen molar-refractivity contribution in [1.82, 2.24) is 5.43 Å². The molecule has 1 unspecified atom stereocenters. The molecule has 0 saturated heterocycles. The molecule has 3 N–H and O–H groups in total. The normalized spacial score (nSPS) is 11.6. The maximum absolute atomic E-state index is 11.6. The molecule has 0 bridgehead atoms. The molecule has 106 valence electrons. The van der Waals surface area contributed by atoms with Crippen molar-refractivity contribution in [3.05, 3.63) is 33.9 Å². The molecule has 1 rings (SSSR count). The van der Waals surface area contributed by atoms with E-state index < -0.39 is 16.9 Å². The molecule has 0 radical (unpaired) electrons. The van der Waals surface area contributed by atoms with Gasteiger partial charge in [0.05, 0.1) is 16.6 Å². The monoisotopic (exact) mass is 278 g/mol. The van der Waals surface area contributed by atoms with Crippen molar-refractivity contribution in [3.63, 3.8) is 0 Å². The fraction of sp³-hybridized carbons (Fsp3) is 0.333. The minimum atomic E-state index is -0.966.